The predicted octanol–water partition coefficient (Wildman–Crippen LogP) is 1.59. The number of hydrogen-bond donors (Lipinski definition) is 1. The maximum absolute atomic E-state index is 11.6. The zero-order valence-corrected chi connectivity index (χ0v) is 8.55. The van der Waals surface area contributed by atoms with E-state index in [4.69, 9.17) is 5.73 Å². The maximum atomic E-state index is 11.6. The van der Waals surface area contributed by atoms with Crippen molar-refractivity contribution in [2.45, 2.75) is 33.1 Å². The highest BCUT2D eigenvalue weighted by Crippen LogP contribution is 2.61. The van der Waals surface area contributed by atoms with Crippen molar-refractivity contribution in [2.24, 2.45) is 28.9 Å². The highest BCUT2D eigenvalue weighted by atomic mass is 16.1. The summed E-state index contributed by atoms with van der Waals surface area (Å²) >= 11 is 0. The van der Waals surface area contributed by atoms with Gasteiger partial charge >= 0.3 is 0 Å². The van der Waals surface area contributed by atoms with E-state index in [-0.39, 0.29) is 18.2 Å². The molecule has 0 heterocycles. The Balaban J connectivity index is 2.11. The van der Waals surface area contributed by atoms with Crippen LogP contribution in [0.15, 0.2) is 0 Å². The van der Waals surface area contributed by atoms with E-state index < -0.39 is 0 Å². The van der Waals surface area contributed by atoms with Crippen LogP contribution in [0.5, 0.6) is 0 Å². The Bertz CT molecular complexity index is 232. The summed E-state index contributed by atoms with van der Waals surface area (Å²) in [5, 5.41) is 0. The van der Waals surface area contributed by atoms with E-state index in [2.05, 4.69) is 13.8 Å². The van der Waals surface area contributed by atoms with Gasteiger partial charge in [-0.1, -0.05) is 13.8 Å². The number of carbonyl (C=O) groups excluding carboxylic acids is 1. The second kappa shape index (κ2) is 2.81. The fourth-order valence-electron chi connectivity index (χ4n) is 3.35. The van der Waals surface area contributed by atoms with Crippen molar-refractivity contribution in [3.8, 4) is 0 Å². The van der Waals surface area contributed by atoms with Crippen LogP contribution in [0, 0.1) is 23.2 Å². The lowest BCUT2D eigenvalue weighted by molar-refractivity contribution is -0.144. The topological polar surface area (TPSA) is 43.1 Å². The number of hydrogen-bond acceptors (Lipinski definition) is 2. The maximum Gasteiger partial charge on any atom is 0.149 e. The molecule has 0 aromatic carbocycles. The van der Waals surface area contributed by atoms with E-state index in [0.717, 1.165) is 12.3 Å². The average Bonchev–Trinajstić information content (AvgIpc) is 2.16. The summed E-state index contributed by atoms with van der Waals surface area (Å²) in [5.74, 6) is 2.07. The van der Waals surface area contributed by atoms with Crippen LogP contribution in [0.1, 0.15) is 33.1 Å². The van der Waals surface area contributed by atoms with Crippen molar-refractivity contribution in [2.75, 3.05) is 6.54 Å². The molecule has 2 N–H and O–H groups in total. The van der Waals surface area contributed by atoms with Gasteiger partial charge in [-0.3, -0.25) is 4.79 Å². The van der Waals surface area contributed by atoms with Gasteiger partial charge < -0.3 is 5.73 Å². The van der Waals surface area contributed by atoms with Gasteiger partial charge in [-0.05, 0) is 36.5 Å². The van der Waals surface area contributed by atoms with Crippen LogP contribution in [0.4, 0.5) is 0 Å². The van der Waals surface area contributed by atoms with E-state index in [1.54, 1.807) is 0 Å². The Hall–Kier alpha value is -0.370. The molecule has 2 bridgehead atoms. The number of nitrogens with two attached hydrogens (primary N) is 1. The quantitative estimate of drug-likeness (QED) is 0.703. The lowest BCUT2D eigenvalue weighted by atomic mass is 9.45. The Labute approximate surface area is 79.9 Å². The summed E-state index contributed by atoms with van der Waals surface area (Å²) in [7, 11) is 0. The molecule has 3 aliphatic rings. The molecule has 3 unspecified atom stereocenters. The van der Waals surface area contributed by atoms with Gasteiger partial charge in [0.1, 0.15) is 5.78 Å². The van der Waals surface area contributed by atoms with Gasteiger partial charge in [0.15, 0.2) is 0 Å². The first kappa shape index (κ1) is 9.20. The minimum absolute atomic E-state index is 0.238. The first-order valence-corrected chi connectivity index (χ1v) is 5.30. The van der Waals surface area contributed by atoms with E-state index in [0.29, 0.717) is 11.3 Å². The smallest absolute Gasteiger partial charge is 0.149 e. The van der Waals surface area contributed by atoms with Crippen LogP contribution in [0.3, 0.4) is 0 Å². The molecule has 0 aromatic rings. The molecule has 0 spiro atoms. The van der Waals surface area contributed by atoms with Gasteiger partial charge in [0, 0.05) is 5.92 Å². The zero-order chi connectivity index (χ0) is 9.64. The summed E-state index contributed by atoms with van der Waals surface area (Å²) in [6.45, 7) is 4.85. The normalized spacial score (nSPS) is 41.0. The summed E-state index contributed by atoms with van der Waals surface area (Å²) in [6.07, 6.45) is 3.60. The third-order valence-electron chi connectivity index (χ3n) is 4.47. The van der Waals surface area contributed by atoms with Crippen molar-refractivity contribution >= 4 is 5.78 Å². The van der Waals surface area contributed by atoms with Gasteiger partial charge in [-0.15, -0.1) is 0 Å². The van der Waals surface area contributed by atoms with Crippen LogP contribution < -0.4 is 5.73 Å². The standard InChI is InChI=1S/C11H19NO/c1-11(2)7-3-4-8(9(11)5-7)10(13)6-12/h7-9H,3-6,12H2,1-2H3. The molecular weight excluding hydrogens is 162 g/mol. The van der Waals surface area contributed by atoms with Gasteiger partial charge in [0.05, 0.1) is 6.54 Å². The van der Waals surface area contributed by atoms with Crippen LogP contribution in [0.2, 0.25) is 0 Å². The molecule has 3 aliphatic carbocycles. The van der Waals surface area contributed by atoms with Gasteiger partial charge in [-0.2, -0.15) is 0 Å². The third-order valence-corrected chi connectivity index (χ3v) is 4.47. The van der Waals surface area contributed by atoms with Crippen LogP contribution in [-0.2, 0) is 4.79 Å². The average molecular weight is 181 g/mol. The molecule has 0 saturated heterocycles. The lowest BCUT2D eigenvalue weighted by Gasteiger charge is -2.59. The Morgan fingerprint density at radius 2 is 2.15 bits per heavy atom. The monoisotopic (exact) mass is 181 g/mol. The molecular formula is C11H19NO. The molecule has 0 radical (unpaired) electrons. The van der Waals surface area contributed by atoms with Crippen molar-refractivity contribution in [1.82, 2.24) is 0 Å². The molecule has 3 fully saturated rings. The Kier molecular flexibility index (Phi) is 1.99. The third kappa shape index (κ3) is 1.15. The summed E-state index contributed by atoms with van der Waals surface area (Å²) in [5.41, 5.74) is 5.83. The fourth-order valence-corrected chi connectivity index (χ4v) is 3.35. The summed E-state index contributed by atoms with van der Waals surface area (Å²) < 4.78 is 0. The van der Waals surface area contributed by atoms with Crippen LogP contribution in [-0.4, -0.2) is 12.3 Å². The lowest BCUT2D eigenvalue weighted by Crippen LogP contribution is -2.54. The largest absolute Gasteiger partial charge is 0.324 e. The molecule has 2 nitrogen and oxygen atoms in total. The molecule has 2 heteroatoms. The molecule has 13 heavy (non-hydrogen) atoms. The van der Waals surface area contributed by atoms with Crippen molar-refractivity contribution in [3.63, 3.8) is 0 Å². The van der Waals surface area contributed by atoms with E-state index in [1.807, 2.05) is 0 Å². The molecule has 0 aromatic heterocycles. The van der Waals surface area contributed by atoms with Crippen molar-refractivity contribution in [3.05, 3.63) is 0 Å². The number of carbonyl (C=O) groups is 1. The van der Waals surface area contributed by atoms with Gasteiger partial charge in [0.25, 0.3) is 0 Å². The number of rotatable bonds is 2. The van der Waals surface area contributed by atoms with Crippen LogP contribution >= 0.6 is 0 Å². The molecule has 3 saturated carbocycles. The first-order chi connectivity index (χ1) is 6.07. The van der Waals surface area contributed by atoms with Crippen molar-refractivity contribution < 1.29 is 4.79 Å². The summed E-state index contributed by atoms with van der Waals surface area (Å²) in [4.78, 5) is 11.6. The van der Waals surface area contributed by atoms with Gasteiger partial charge in [-0.25, -0.2) is 0 Å². The Morgan fingerprint density at radius 1 is 1.46 bits per heavy atom. The van der Waals surface area contributed by atoms with Crippen molar-refractivity contribution in [1.29, 1.82) is 0 Å². The highest BCUT2D eigenvalue weighted by Gasteiger charge is 2.55. The highest BCUT2D eigenvalue weighted by molar-refractivity contribution is 5.83. The second-order valence-electron chi connectivity index (χ2n) is 5.21. The summed E-state index contributed by atoms with van der Waals surface area (Å²) in [6, 6.07) is 0. The molecule has 3 rings (SSSR count). The second-order valence-corrected chi connectivity index (χ2v) is 5.21. The van der Waals surface area contributed by atoms with E-state index in [1.165, 1.54) is 12.8 Å². The van der Waals surface area contributed by atoms with E-state index >= 15 is 0 Å². The predicted molar refractivity (Wildman–Crippen MR) is 52.2 cm³/mol. The molecule has 74 valence electrons. The number of Topliss-reactive ketones (excluding diaryl/α,β-unsaturated/α-hetero) is 1. The van der Waals surface area contributed by atoms with E-state index in [9.17, 15) is 4.79 Å². The van der Waals surface area contributed by atoms with Gasteiger partial charge in [0.2, 0.25) is 0 Å². The molecule has 3 atom stereocenters. The molecule has 0 amide bonds. The minimum atomic E-state index is 0.238. The first-order valence-electron chi connectivity index (χ1n) is 5.30. The zero-order valence-electron chi connectivity index (χ0n) is 8.55. The van der Waals surface area contributed by atoms with Crippen LogP contribution in [0.25, 0.3) is 0 Å². The molecule has 0 aliphatic heterocycles. The SMILES string of the molecule is CC1(C)C2CCC(C(=O)CN)C1C2. The minimum Gasteiger partial charge on any atom is -0.324 e. The number of fused-ring (bicyclic) bond motifs is 2. The number of ketones is 1. The Morgan fingerprint density at radius 3 is 2.62 bits per heavy atom. The fraction of sp³-hybridized carbons (Fsp3) is 0.909.